The maximum absolute atomic E-state index is 12.7. The normalized spacial score (nSPS) is 11.2. The van der Waals surface area contributed by atoms with Crippen LogP contribution >= 0.6 is 23.2 Å². The number of benzene rings is 2. The third-order valence-electron chi connectivity index (χ3n) is 2.95. The molecule has 2 aromatic carbocycles. The fourth-order valence-corrected chi connectivity index (χ4v) is 2.21. The van der Waals surface area contributed by atoms with Gasteiger partial charge in [-0.2, -0.15) is 13.2 Å². The average molecular weight is 379 g/mol. The van der Waals surface area contributed by atoms with Crippen molar-refractivity contribution in [3.63, 3.8) is 0 Å². The summed E-state index contributed by atoms with van der Waals surface area (Å²) in [7, 11) is 0. The van der Waals surface area contributed by atoms with E-state index in [0.29, 0.717) is 6.07 Å². The largest absolute Gasteiger partial charge is 0.416 e. The van der Waals surface area contributed by atoms with E-state index in [-0.39, 0.29) is 27.0 Å². The molecule has 5 nitrogen and oxygen atoms in total. The smallest absolute Gasteiger partial charge is 0.321 e. The molecule has 0 aromatic heterocycles. The molecule has 0 unspecified atom stereocenters. The number of non-ortho nitro benzene ring substituents is 1. The molecule has 1 amide bonds. The number of amides is 1. The Balaban J connectivity index is 2.32. The third-order valence-corrected chi connectivity index (χ3v) is 3.59. The maximum Gasteiger partial charge on any atom is 0.416 e. The fourth-order valence-electron chi connectivity index (χ4n) is 1.79. The number of halogens is 5. The molecule has 0 aliphatic carbocycles. The first-order chi connectivity index (χ1) is 11.1. The van der Waals surface area contributed by atoms with E-state index in [1.54, 1.807) is 0 Å². The Morgan fingerprint density at radius 2 is 1.75 bits per heavy atom. The van der Waals surface area contributed by atoms with Crippen molar-refractivity contribution >= 4 is 40.5 Å². The van der Waals surface area contributed by atoms with Crippen LogP contribution in [0.25, 0.3) is 0 Å². The molecule has 0 heterocycles. The van der Waals surface area contributed by atoms with E-state index in [2.05, 4.69) is 5.32 Å². The molecule has 0 radical (unpaired) electrons. The SMILES string of the molecule is O=C(Nc1cc(C(F)(F)F)ccc1Cl)c1ccc([N+](=O)[O-])cc1Cl. The lowest BCUT2D eigenvalue weighted by atomic mass is 10.1. The number of rotatable bonds is 3. The number of alkyl halides is 3. The van der Waals surface area contributed by atoms with Crippen molar-refractivity contribution in [1.29, 1.82) is 0 Å². The fraction of sp³-hybridized carbons (Fsp3) is 0.0714. The summed E-state index contributed by atoms with van der Waals surface area (Å²) in [6.45, 7) is 0. The molecule has 0 aliphatic rings. The summed E-state index contributed by atoms with van der Waals surface area (Å²) >= 11 is 11.6. The maximum atomic E-state index is 12.7. The molecular weight excluding hydrogens is 372 g/mol. The number of anilines is 1. The number of nitrogens with one attached hydrogen (secondary N) is 1. The molecule has 2 aromatic rings. The summed E-state index contributed by atoms with van der Waals surface area (Å²) in [4.78, 5) is 22.1. The molecule has 2 rings (SSSR count). The van der Waals surface area contributed by atoms with Crippen LogP contribution in [0.2, 0.25) is 10.0 Å². The summed E-state index contributed by atoms with van der Waals surface area (Å²) < 4.78 is 38.1. The molecule has 24 heavy (non-hydrogen) atoms. The van der Waals surface area contributed by atoms with Crippen LogP contribution in [0.3, 0.4) is 0 Å². The van der Waals surface area contributed by atoms with Crippen molar-refractivity contribution in [3.05, 3.63) is 67.7 Å². The highest BCUT2D eigenvalue weighted by Gasteiger charge is 2.31. The predicted octanol–water partition coefficient (Wildman–Crippen LogP) is 5.17. The number of nitro groups is 1. The first-order valence-electron chi connectivity index (χ1n) is 6.21. The van der Waals surface area contributed by atoms with E-state index in [0.717, 1.165) is 30.3 Å². The van der Waals surface area contributed by atoms with E-state index in [1.807, 2.05) is 0 Å². The lowest BCUT2D eigenvalue weighted by Crippen LogP contribution is -2.14. The standard InChI is InChI=1S/C14H7Cl2F3N2O3/c15-10-4-1-7(14(17,18)19)5-12(10)20-13(22)9-3-2-8(21(23)24)6-11(9)16/h1-6H,(H,20,22). The van der Waals surface area contributed by atoms with Gasteiger partial charge in [0.2, 0.25) is 0 Å². The van der Waals surface area contributed by atoms with Crippen molar-refractivity contribution in [3.8, 4) is 0 Å². The number of nitrogens with zero attached hydrogens (tertiary/aromatic N) is 1. The first kappa shape index (κ1) is 18.0. The second-order valence-electron chi connectivity index (χ2n) is 4.57. The highest BCUT2D eigenvalue weighted by atomic mass is 35.5. The molecule has 0 saturated heterocycles. The number of hydrogen-bond donors (Lipinski definition) is 1. The Morgan fingerprint density at radius 3 is 2.29 bits per heavy atom. The van der Waals surface area contributed by atoms with Crippen molar-refractivity contribution in [2.75, 3.05) is 5.32 Å². The van der Waals surface area contributed by atoms with Gasteiger partial charge in [-0.1, -0.05) is 23.2 Å². The topological polar surface area (TPSA) is 72.2 Å². The summed E-state index contributed by atoms with van der Waals surface area (Å²) in [6, 6.07) is 5.56. The number of carbonyl (C=O) groups is 1. The van der Waals surface area contributed by atoms with Gasteiger partial charge in [-0.15, -0.1) is 0 Å². The zero-order valence-corrected chi connectivity index (χ0v) is 13.0. The van der Waals surface area contributed by atoms with E-state index in [4.69, 9.17) is 23.2 Å². The van der Waals surface area contributed by atoms with Gasteiger partial charge in [-0.25, -0.2) is 0 Å². The van der Waals surface area contributed by atoms with Gasteiger partial charge in [-0.3, -0.25) is 14.9 Å². The van der Waals surface area contributed by atoms with E-state index in [9.17, 15) is 28.1 Å². The van der Waals surface area contributed by atoms with Gasteiger partial charge >= 0.3 is 6.18 Å². The highest BCUT2D eigenvalue weighted by Crippen LogP contribution is 2.34. The molecule has 0 saturated carbocycles. The highest BCUT2D eigenvalue weighted by molar-refractivity contribution is 6.36. The Morgan fingerprint density at radius 1 is 1.08 bits per heavy atom. The van der Waals surface area contributed by atoms with Gasteiger partial charge < -0.3 is 5.32 Å². The summed E-state index contributed by atoms with van der Waals surface area (Å²) in [5, 5.41) is 12.5. The van der Waals surface area contributed by atoms with Gasteiger partial charge in [0.25, 0.3) is 11.6 Å². The number of hydrogen-bond acceptors (Lipinski definition) is 3. The lowest BCUT2D eigenvalue weighted by molar-refractivity contribution is -0.384. The summed E-state index contributed by atoms with van der Waals surface area (Å²) in [5.74, 6) is -0.851. The second kappa shape index (κ2) is 6.66. The molecule has 10 heteroatoms. The van der Waals surface area contributed by atoms with E-state index < -0.39 is 22.6 Å². The Bertz CT molecular complexity index is 825. The van der Waals surface area contributed by atoms with Crippen molar-refractivity contribution in [1.82, 2.24) is 0 Å². The van der Waals surface area contributed by atoms with Gasteiger partial charge in [-0.05, 0) is 24.3 Å². The van der Waals surface area contributed by atoms with Gasteiger partial charge in [0.05, 0.1) is 31.8 Å². The molecular formula is C14H7Cl2F3N2O3. The molecule has 0 spiro atoms. The van der Waals surface area contributed by atoms with Crippen LogP contribution in [0.4, 0.5) is 24.5 Å². The summed E-state index contributed by atoms with van der Waals surface area (Å²) in [5.41, 5.74) is -1.72. The van der Waals surface area contributed by atoms with Crippen LogP contribution in [-0.4, -0.2) is 10.8 Å². The summed E-state index contributed by atoms with van der Waals surface area (Å²) in [6.07, 6.45) is -4.60. The molecule has 0 aliphatic heterocycles. The van der Waals surface area contributed by atoms with Crippen LogP contribution in [0.5, 0.6) is 0 Å². The van der Waals surface area contributed by atoms with E-state index >= 15 is 0 Å². The minimum atomic E-state index is -4.60. The second-order valence-corrected chi connectivity index (χ2v) is 5.38. The van der Waals surface area contributed by atoms with Crippen LogP contribution in [0, 0.1) is 10.1 Å². The Hall–Kier alpha value is -2.32. The first-order valence-corrected chi connectivity index (χ1v) is 6.97. The minimum absolute atomic E-state index is 0.102. The lowest BCUT2D eigenvalue weighted by Gasteiger charge is -2.12. The predicted molar refractivity (Wildman–Crippen MR) is 82.5 cm³/mol. The zero-order valence-electron chi connectivity index (χ0n) is 11.5. The van der Waals surface area contributed by atoms with Gasteiger partial charge in [0, 0.05) is 12.1 Å². The molecule has 0 bridgehead atoms. The quantitative estimate of drug-likeness (QED) is 0.591. The Labute approximate surface area is 143 Å². The molecule has 1 N–H and O–H groups in total. The van der Waals surface area contributed by atoms with Crippen molar-refractivity contribution in [2.24, 2.45) is 0 Å². The monoisotopic (exact) mass is 378 g/mol. The number of nitro benzene ring substituents is 1. The van der Waals surface area contributed by atoms with Gasteiger partial charge in [0.15, 0.2) is 0 Å². The Kier molecular flexibility index (Phi) is 5.00. The van der Waals surface area contributed by atoms with Crippen LogP contribution in [0.1, 0.15) is 15.9 Å². The zero-order chi connectivity index (χ0) is 18.1. The molecule has 126 valence electrons. The molecule has 0 fully saturated rings. The van der Waals surface area contributed by atoms with Gasteiger partial charge in [0.1, 0.15) is 0 Å². The third kappa shape index (κ3) is 3.95. The minimum Gasteiger partial charge on any atom is -0.321 e. The van der Waals surface area contributed by atoms with Crippen LogP contribution in [0.15, 0.2) is 36.4 Å². The van der Waals surface area contributed by atoms with Crippen LogP contribution in [-0.2, 0) is 6.18 Å². The molecule has 0 atom stereocenters. The van der Waals surface area contributed by atoms with Crippen LogP contribution < -0.4 is 5.32 Å². The average Bonchev–Trinajstić information content (AvgIpc) is 2.47. The van der Waals surface area contributed by atoms with Crippen molar-refractivity contribution in [2.45, 2.75) is 6.18 Å². The number of carbonyl (C=O) groups excluding carboxylic acids is 1. The van der Waals surface area contributed by atoms with E-state index in [1.165, 1.54) is 0 Å². The van der Waals surface area contributed by atoms with Crippen molar-refractivity contribution < 1.29 is 22.9 Å².